The Labute approximate surface area is 125 Å². The molecule has 0 radical (unpaired) electrons. The average molecular weight is 288 g/mol. The van der Waals surface area contributed by atoms with Crippen LogP contribution in [0.25, 0.3) is 0 Å². The predicted octanol–water partition coefficient (Wildman–Crippen LogP) is 3.36. The highest BCUT2D eigenvalue weighted by Gasteiger charge is 2.36. The van der Waals surface area contributed by atoms with E-state index >= 15 is 0 Å². The molecule has 0 aromatic heterocycles. The van der Waals surface area contributed by atoms with E-state index in [9.17, 15) is 0 Å². The molecule has 0 saturated carbocycles. The molecule has 4 heteroatoms. The molecule has 21 heavy (non-hydrogen) atoms. The zero-order chi connectivity index (χ0) is 14.8. The van der Waals surface area contributed by atoms with Crippen molar-refractivity contribution in [2.24, 2.45) is 0 Å². The molecule has 0 unspecified atom stereocenters. The number of fused-ring (bicyclic) bond motifs is 1. The third-order valence-electron chi connectivity index (χ3n) is 3.75. The summed E-state index contributed by atoms with van der Waals surface area (Å²) in [6.07, 6.45) is 2.48. The zero-order valence-electron chi connectivity index (χ0n) is 12.4. The second kappa shape index (κ2) is 5.92. The van der Waals surface area contributed by atoms with Crippen LogP contribution in [0.4, 0.5) is 0 Å². The molecule has 2 aliphatic heterocycles. The Kier molecular flexibility index (Phi) is 3.99. The van der Waals surface area contributed by atoms with Crippen LogP contribution in [0.1, 0.15) is 25.2 Å². The van der Waals surface area contributed by atoms with Crippen LogP contribution in [0, 0.1) is 0 Å². The summed E-state index contributed by atoms with van der Waals surface area (Å²) in [6, 6.07) is 7.74. The minimum absolute atomic E-state index is 0.0222. The molecule has 0 N–H and O–H groups in total. The predicted molar refractivity (Wildman–Crippen MR) is 78.9 cm³/mol. The molecule has 1 aromatic rings. The third kappa shape index (κ3) is 2.96. The first-order chi connectivity index (χ1) is 10.2. The van der Waals surface area contributed by atoms with Gasteiger partial charge in [0.15, 0.2) is 6.29 Å². The quantitative estimate of drug-likeness (QED) is 0.854. The molecule has 1 saturated heterocycles. The van der Waals surface area contributed by atoms with Gasteiger partial charge in [0.1, 0.15) is 23.7 Å². The lowest BCUT2D eigenvalue weighted by Crippen LogP contribution is -2.43. The van der Waals surface area contributed by atoms with E-state index in [1.807, 2.05) is 37.3 Å². The van der Waals surface area contributed by atoms with Crippen molar-refractivity contribution in [2.75, 3.05) is 13.7 Å². The van der Waals surface area contributed by atoms with Crippen molar-refractivity contribution in [3.05, 3.63) is 53.8 Å². The molecule has 1 aromatic carbocycles. The van der Waals surface area contributed by atoms with Gasteiger partial charge in [-0.05, 0) is 37.1 Å². The van der Waals surface area contributed by atoms with Gasteiger partial charge in [0, 0.05) is 5.56 Å². The van der Waals surface area contributed by atoms with Crippen molar-refractivity contribution in [2.45, 2.75) is 31.8 Å². The smallest absolute Gasteiger partial charge is 0.184 e. The number of hydrogen-bond donors (Lipinski definition) is 0. The number of hydrogen-bond acceptors (Lipinski definition) is 4. The zero-order valence-corrected chi connectivity index (χ0v) is 12.4. The number of benzene rings is 1. The van der Waals surface area contributed by atoms with Crippen LogP contribution >= 0.6 is 0 Å². The molecule has 2 aliphatic rings. The van der Waals surface area contributed by atoms with Crippen LogP contribution in [-0.2, 0) is 14.2 Å². The molecular weight excluding hydrogens is 268 g/mol. The van der Waals surface area contributed by atoms with Gasteiger partial charge in [-0.2, -0.15) is 0 Å². The highest BCUT2D eigenvalue weighted by Crippen LogP contribution is 2.34. The maximum absolute atomic E-state index is 6.02. The van der Waals surface area contributed by atoms with Crippen LogP contribution < -0.4 is 4.74 Å². The van der Waals surface area contributed by atoms with Gasteiger partial charge in [-0.1, -0.05) is 18.7 Å². The fourth-order valence-electron chi connectivity index (χ4n) is 2.54. The minimum atomic E-state index is -0.347. The van der Waals surface area contributed by atoms with E-state index in [0.717, 1.165) is 29.1 Å². The molecule has 3 atom stereocenters. The van der Waals surface area contributed by atoms with Crippen LogP contribution in [-0.4, -0.2) is 25.9 Å². The molecule has 0 spiro atoms. The Morgan fingerprint density at radius 3 is 2.67 bits per heavy atom. The fourth-order valence-corrected chi connectivity index (χ4v) is 2.54. The van der Waals surface area contributed by atoms with Crippen molar-refractivity contribution < 1.29 is 18.9 Å². The van der Waals surface area contributed by atoms with Crippen molar-refractivity contribution >= 4 is 0 Å². The van der Waals surface area contributed by atoms with E-state index in [4.69, 9.17) is 18.9 Å². The summed E-state index contributed by atoms with van der Waals surface area (Å²) < 4.78 is 22.8. The topological polar surface area (TPSA) is 36.9 Å². The Balaban J connectivity index is 1.69. The summed E-state index contributed by atoms with van der Waals surface area (Å²) in [4.78, 5) is 0. The molecule has 0 bridgehead atoms. The Morgan fingerprint density at radius 2 is 2.00 bits per heavy atom. The summed E-state index contributed by atoms with van der Waals surface area (Å²) in [6.45, 7) is 6.37. The number of methoxy groups -OCH3 is 1. The monoisotopic (exact) mass is 288 g/mol. The molecule has 1 fully saturated rings. The maximum atomic E-state index is 6.02. The normalized spacial score (nSPS) is 28.1. The second-order valence-corrected chi connectivity index (χ2v) is 5.35. The van der Waals surface area contributed by atoms with Crippen LogP contribution in [0.5, 0.6) is 5.75 Å². The average Bonchev–Trinajstić information content (AvgIpc) is 2.54. The summed E-state index contributed by atoms with van der Waals surface area (Å²) >= 11 is 0. The van der Waals surface area contributed by atoms with Gasteiger partial charge in [0.2, 0.25) is 0 Å². The Hall–Kier alpha value is -1.78. The van der Waals surface area contributed by atoms with Crippen molar-refractivity contribution in [1.29, 1.82) is 0 Å². The highest BCUT2D eigenvalue weighted by atomic mass is 16.7. The van der Waals surface area contributed by atoms with E-state index in [1.54, 1.807) is 7.11 Å². The lowest BCUT2D eigenvalue weighted by molar-refractivity contribution is -0.261. The lowest BCUT2D eigenvalue weighted by Gasteiger charge is -2.39. The standard InChI is InChI=1S/C17H20O4/c1-11(2)14-8-9-15-16(20-14)10-19-17(21-15)12-4-6-13(18-3)7-5-12/h4-8,15-17H,1,9-10H2,2-3H3/t15-,16+,17+/m0/s1. The van der Waals surface area contributed by atoms with Gasteiger partial charge in [-0.15, -0.1) is 0 Å². The summed E-state index contributed by atoms with van der Waals surface area (Å²) in [5.74, 6) is 1.67. The molecule has 0 amide bonds. The minimum Gasteiger partial charge on any atom is -0.497 e. The summed E-state index contributed by atoms with van der Waals surface area (Å²) in [5.41, 5.74) is 1.93. The first-order valence-corrected chi connectivity index (χ1v) is 7.11. The fraction of sp³-hybridized carbons (Fsp3) is 0.412. The van der Waals surface area contributed by atoms with Gasteiger partial charge in [0.05, 0.1) is 13.7 Å². The Bertz CT molecular complexity index is 546. The first-order valence-electron chi connectivity index (χ1n) is 7.11. The second-order valence-electron chi connectivity index (χ2n) is 5.35. The number of ether oxygens (including phenoxy) is 4. The molecule has 2 heterocycles. The molecule has 112 valence electrons. The number of allylic oxidation sites excluding steroid dienone is 1. The largest absolute Gasteiger partial charge is 0.497 e. The van der Waals surface area contributed by atoms with E-state index in [2.05, 4.69) is 6.58 Å². The van der Waals surface area contributed by atoms with Crippen LogP contribution in [0.15, 0.2) is 48.3 Å². The van der Waals surface area contributed by atoms with E-state index in [1.165, 1.54) is 0 Å². The molecular formula is C17H20O4. The van der Waals surface area contributed by atoms with Crippen LogP contribution in [0.3, 0.4) is 0 Å². The molecule has 4 nitrogen and oxygen atoms in total. The van der Waals surface area contributed by atoms with Crippen molar-refractivity contribution in [1.82, 2.24) is 0 Å². The maximum Gasteiger partial charge on any atom is 0.184 e. The summed E-state index contributed by atoms with van der Waals surface area (Å²) in [5, 5.41) is 0. The first kappa shape index (κ1) is 14.2. The third-order valence-corrected chi connectivity index (χ3v) is 3.75. The molecule has 0 aliphatic carbocycles. The number of rotatable bonds is 3. The SMILES string of the molecule is C=C(C)C1=CC[C@@H]2O[C@H](c3ccc(OC)cc3)OC[C@H]2O1. The van der Waals surface area contributed by atoms with E-state index in [-0.39, 0.29) is 18.5 Å². The van der Waals surface area contributed by atoms with E-state index < -0.39 is 0 Å². The van der Waals surface area contributed by atoms with Gasteiger partial charge >= 0.3 is 0 Å². The van der Waals surface area contributed by atoms with Crippen LogP contribution in [0.2, 0.25) is 0 Å². The lowest BCUT2D eigenvalue weighted by atomic mass is 10.0. The Morgan fingerprint density at radius 1 is 1.24 bits per heavy atom. The molecule has 3 rings (SSSR count). The van der Waals surface area contributed by atoms with E-state index in [0.29, 0.717) is 6.61 Å². The highest BCUT2D eigenvalue weighted by molar-refractivity contribution is 5.28. The van der Waals surface area contributed by atoms with Gasteiger partial charge in [-0.3, -0.25) is 0 Å². The van der Waals surface area contributed by atoms with Crippen molar-refractivity contribution in [3.8, 4) is 5.75 Å². The summed E-state index contributed by atoms with van der Waals surface area (Å²) in [7, 11) is 1.65. The van der Waals surface area contributed by atoms with Gasteiger partial charge in [0.25, 0.3) is 0 Å². The van der Waals surface area contributed by atoms with Gasteiger partial charge < -0.3 is 18.9 Å². The van der Waals surface area contributed by atoms with Gasteiger partial charge in [-0.25, -0.2) is 0 Å². The van der Waals surface area contributed by atoms with Crippen molar-refractivity contribution in [3.63, 3.8) is 0 Å².